The monoisotopic (exact) mass is 237 g/mol. The van der Waals surface area contributed by atoms with Crippen LogP contribution in [0.1, 0.15) is 5.56 Å². The molecular weight excluding hydrogens is 226 g/mol. The van der Waals surface area contributed by atoms with Crippen LogP contribution in [0, 0.1) is 11.6 Å². The number of hydrogen-bond acceptors (Lipinski definition) is 2. The van der Waals surface area contributed by atoms with Crippen LogP contribution in [-0.2, 0) is 6.54 Å². The van der Waals surface area contributed by atoms with Crippen LogP contribution in [-0.4, -0.2) is 24.2 Å². The zero-order chi connectivity index (χ0) is 12.1. The second kappa shape index (κ2) is 5.81. The van der Waals surface area contributed by atoms with Gasteiger partial charge in [-0.25, -0.2) is 17.6 Å². The van der Waals surface area contributed by atoms with Crippen molar-refractivity contribution in [1.29, 1.82) is 0 Å². The molecule has 0 saturated heterocycles. The van der Waals surface area contributed by atoms with Crippen molar-refractivity contribution in [3.8, 4) is 0 Å². The summed E-state index contributed by atoms with van der Waals surface area (Å²) < 4.78 is 49.5. The predicted molar refractivity (Wildman–Crippen MR) is 50.1 cm³/mol. The number of aliphatic hydroxyl groups excluding tert-OH is 1. The van der Waals surface area contributed by atoms with Crippen molar-refractivity contribution in [3.05, 3.63) is 35.4 Å². The molecule has 0 aliphatic rings. The normalized spacial score (nSPS) is 13.1. The molecule has 0 spiro atoms. The van der Waals surface area contributed by atoms with Gasteiger partial charge in [0.05, 0.1) is 0 Å². The lowest BCUT2D eigenvalue weighted by Crippen LogP contribution is -2.31. The fourth-order valence-corrected chi connectivity index (χ4v) is 1.12. The molecule has 1 unspecified atom stereocenters. The van der Waals surface area contributed by atoms with Gasteiger partial charge >= 0.3 is 0 Å². The summed E-state index contributed by atoms with van der Waals surface area (Å²) in [6.45, 7) is -0.499. The van der Waals surface area contributed by atoms with Gasteiger partial charge < -0.3 is 10.4 Å². The number of halogens is 4. The van der Waals surface area contributed by atoms with Crippen LogP contribution in [0.4, 0.5) is 17.6 Å². The van der Waals surface area contributed by atoms with E-state index in [2.05, 4.69) is 5.32 Å². The minimum Gasteiger partial charge on any atom is -0.386 e. The SMILES string of the molecule is OC(CNCc1cc(F)ccc1F)C(F)F. The molecule has 0 aliphatic heterocycles. The van der Waals surface area contributed by atoms with Crippen LogP contribution in [0.2, 0.25) is 0 Å². The van der Waals surface area contributed by atoms with E-state index in [0.29, 0.717) is 0 Å². The van der Waals surface area contributed by atoms with Crippen molar-refractivity contribution in [2.24, 2.45) is 0 Å². The Kier molecular flexibility index (Phi) is 4.70. The molecule has 0 heterocycles. The van der Waals surface area contributed by atoms with Gasteiger partial charge in [-0.1, -0.05) is 0 Å². The molecule has 0 fully saturated rings. The average Bonchev–Trinajstić information content (AvgIpc) is 2.22. The van der Waals surface area contributed by atoms with Crippen LogP contribution in [0.3, 0.4) is 0 Å². The van der Waals surface area contributed by atoms with E-state index in [1.807, 2.05) is 0 Å². The lowest BCUT2D eigenvalue weighted by atomic mass is 10.2. The largest absolute Gasteiger partial charge is 0.386 e. The maximum Gasteiger partial charge on any atom is 0.265 e. The molecule has 6 heteroatoms. The van der Waals surface area contributed by atoms with E-state index in [9.17, 15) is 17.6 Å². The molecule has 0 bridgehead atoms. The van der Waals surface area contributed by atoms with Gasteiger partial charge in [-0.05, 0) is 18.2 Å². The van der Waals surface area contributed by atoms with Gasteiger partial charge in [-0.15, -0.1) is 0 Å². The third-order valence-electron chi connectivity index (χ3n) is 1.97. The zero-order valence-electron chi connectivity index (χ0n) is 8.26. The molecule has 0 saturated carbocycles. The third-order valence-corrected chi connectivity index (χ3v) is 1.97. The number of aliphatic hydroxyl groups is 1. The summed E-state index contributed by atoms with van der Waals surface area (Å²) in [6.07, 6.45) is -4.67. The maximum absolute atomic E-state index is 13.0. The van der Waals surface area contributed by atoms with Crippen LogP contribution in [0.5, 0.6) is 0 Å². The van der Waals surface area contributed by atoms with Crippen molar-refractivity contribution in [2.45, 2.75) is 19.1 Å². The number of alkyl halides is 2. The van der Waals surface area contributed by atoms with Crippen LogP contribution >= 0.6 is 0 Å². The Hall–Kier alpha value is -1.14. The minimum atomic E-state index is -2.86. The molecule has 1 aromatic rings. The summed E-state index contributed by atoms with van der Waals surface area (Å²) in [5.41, 5.74) is 0.0291. The van der Waals surface area contributed by atoms with Gasteiger partial charge in [0.1, 0.15) is 17.7 Å². The Balaban J connectivity index is 2.45. The molecule has 0 radical (unpaired) electrons. The first-order valence-electron chi connectivity index (χ1n) is 4.61. The van der Waals surface area contributed by atoms with E-state index in [1.54, 1.807) is 0 Å². The van der Waals surface area contributed by atoms with Crippen LogP contribution in [0.25, 0.3) is 0 Å². The van der Waals surface area contributed by atoms with Crippen molar-refractivity contribution in [3.63, 3.8) is 0 Å². The predicted octanol–water partition coefficient (Wildman–Crippen LogP) is 1.68. The fourth-order valence-electron chi connectivity index (χ4n) is 1.12. The van der Waals surface area contributed by atoms with Crippen LogP contribution in [0.15, 0.2) is 18.2 Å². The first kappa shape index (κ1) is 12.9. The second-order valence-electron chi connectivity index (χ2n) is 3.27. The quantitative estimate of drug-likeness (QED) is 0.764. The van der Waals surface area contributed by atoms with Gasteiger partial charge in [-0.2, -0.15) is 0 Å². The topological polar surface area (TPSA) is 32.3 Å². The van der Waals surface area contributed by atoms with Gasteiger partial charge in [0, 0.05) is 18.7 Å². The first-order chi connectivity index (χ1) is 7.50. The molecule has 1 rings (SSSR count). The summed E-state index contributed by atoms with van der Waals surface area (Å²) in [7, 11) is 0. The maximum atomic E-state index is 13.0. The summed E-state index contributed by atoms with van der Waals surface area (Å²) >= 11 is 0. The minimum absolute atomic E-state index is 0.0291. The van der Waals surface area contributed by atoms with Crippen molar-refractivity contribution >= 4 is 0 Å². The molecule has 16 heavy (non-hydrogen) atoms. The lowest BCUT2D eigenvalue weighted by molar-refractivity contribution is -0.00343. The Bertz CT molecular complexity index is 346. The first-order valence-corrected chi connectivity index (χ1v) is 4.61. The summed E-state index contributed by atoms with van der Waals surface area (Å²) in [4.78, 5) is 0. The Morgan fingerprint density at radius 1 is 1.25 bits per heavy atom. The summed E-state index contributed by atoms with van der Waals surface area (Å²) in [6, 6.07) is 2.89. The van der Waals surface area contributed by atoms with Crippen molar-refractivity contribution < 1.29 is 22.7 Å². The molecule has 0 aliphatic carbocycles. The van der Waals surface area contributed by atoms with E-state index < -0.39 is 24.2 Å². The number of nitrogens with one attached hydrogen (secondary N) is 1. The standard InChI is InChI=1S/C10H11F4NO/c11-7-1-2-8(12)6(3-7)4-15-5-9(16)10(13)14/h1-3,9-10,15-16H,4-5H2. The molecule has 90 valence electrons. The molecule has 2 nitrogen and oxygen atoms in total. The highest BCUT2D eigenvalue weighted by Gasteiger charge is 2.16. The van der Waals surface area contributed by atoms with E-state index in [0.717, 1.165) is 18.2 Å². The van der Waals surface area contributed by atoms with Gasteiger partial charge in [0.2, 0.25) is 0 Å². The van der Waals surface area contributed by atoms with E-state index in [-0.39, 0.29) is 18.7 Å². The average molecular weight is 237 g/mol. The third kappa shape index (κ3) is 3.79. The molecule has 2 N–H and O–H groups in total. The van der Waals surface area contributed by atoms with Crippen molar-refractivity contribution in [2.75, 3.05) is 6.54 Å². The van der Waals surface area contributed by atoms with Gasteiger partial charge in [0.25, 0.3) is 6.43 Å². The highest BCUT2D eigenvalue weighted by atomic mass is 19.3. The second-order valence-corrected chi connectivity index (χ2v) is 3.27. The number of benzene rings is 1. The Labute approximate surface area is 89.9 Å². The molecule has 0 aromatic heterocycles. The summed E-state index contributed by atoms with van der Waals surface area (Å²) in [5, 5.41) is 11.2. The van der Waals surface area contributed by atoms with Gasteiger partial charge in [-0.3, -0.25) is 0 Å². The summed E-state index contributed by atoms with van der Waals surface area (Å²) in [5.74, 6) is -1.23. The number of hydrogen-bond donors (Lipinski definition) is 2. The van der Waals surface area contributed by atoms with Crippen LogP contribution < -0.4 is 5.32 Å². The van der Waals surface area contributed by atoms with E-state index in [1.165, 1.54) is 0 Å². The Morgan fingerprint density at radius 3 is 2.56 bits per heavy atom. The van der Waals surface area contributed by atoms with E-state index >= 15 is 0 Å². The zero-order valence-corrected chi connectivity index (χ0v) is 8.26. The Morgan fingerprint density at radius 2 is 1.94 bits per heavy atom. The molecular formula is C10H11F4NO. The highest BCUT2D eigenvalue weighted by Crippen LogP contribution is 2.09. The lowest BCUT2D eigenvalue weighted by Gasteiger charge is -2.10. The van der Waals surface area contributed by atoms with Crippen molar-refractivity contribution in [1.82, 2.24) is 5.32 Å². The van der Waals surface area contributed by atoms with E-state index in [4.69, 9.17) is 5.11 Å². The smallest absolute Gasteiger partial charge is 0.265 e. The molecule has 0 amide bonds. The van der Waals surface area contributed by atoms with Gasteiger partial charge in [0.15, 0.2) is 0 Å². The number of rotatable bonds is 5. The molecule has 1 aromatic carbocycles. The molecule has 1 atom stereocenters. The fraction of sp³-hybridized carbons (Fsp3) is 0.400. The highest BCUT2D eigenvalue weighted by molar-refractivity contribution is 5.18.